The molecule has 0 saturated carbocycles. The molecule has 1 aliphatic heterocycles. The first-order chi connectivity index (χ1) is 14.0. The van der Waals surface area contributed by atoms with Crippen molar-refractivity contribution in [3.63, 3.8) is 0 Å². The van der Waals surface area contributed by atoms with Gasteiger partial charge in [0.2, 0.25) is 11.8 Å². The van der Waals surface area contributed by atoms with Crippen LogP contribution in [0.1, 0.15) is 34.7 Å². The lowest BCUT2D eigenvalue weighted by Crippen LogP contribution is -2.39. The first-order valence-corrected chi connectivity index (χ1v) is 9.35. The van der Waals surface area contributed by atoms with Gasteiger partial charge in [-0.2, -0.15) is 0 Å². The van der Waals surface area contributed by atoms with Crippen LogP contribution in [-0.4, -0.2) is 22.9 Å². The Kier molecular flexibility index (Phi) is 5.14. The Morgan fingerprint density at radius 1 is 1.14 bits per heavy atom. The number of hydrogen-bond acceptors (Lipinski definition) is 5. The molecule has 1 aliphatic rings. The van der Waals surface area contributed by atoms with Gasteiger partial charge in [0.15, 0.2) is 5.82 Å². The molecule has 7 nitrogen and oxygen atoms in total. The van der Waals surface area contributed by atoms with Crippen LogP contribution in [0.25, 0.3) is 11.1 Å². The maximum absolute atomic E-state index is 12.3. The third-order valence-electron chi connectivity index (χ3n) is 4.78. The van der Waals surface area contributed by atoms with Gasteiger partial charge in [0.25, 0.3) is 5.91 Å². The minimum atomic E-state index is -0.465. The van der Waals surface area contributed by atoms with Crippen molar-refractivity contribution in [1.82, 2.24) is 10.5 Å². The van der Waals surface area contributed by atoms with E-state index in [4.69, 9.17) is 11.6 Å². The van der Waals surface area contributed by atoms with Crippen LogP contribution in [0.3, 0.4) is 0 Å². The third kappa shape index (κ3) is 3.90. The smallest absolute Gasteiger partial charge is 0.256 e. The molecule has 146 valence electrons. The van der Waals surface area contributed by atoms with Crippen LogP contribution in [0, 0.1) is 0 Å². The number of nitrogens with zero attached hydrogens (tertiary/aromatic N) is 1. The molecule has 1 aromatic heterocycles. The molecule has 29 heavy (non-hydrogen) atoms. The number of carbonyl (C=O) groups excluding carboxylic acids is 3. The highest BCUT2D eigenvalue weighted by Crippen LogP contribution is 2.37. The molecule has 1 saturated heterocycles. The summed E-state index contributed by atoms with van der Waals surface area (Å²) in [6, 6.07) is 13.9. The van der Waals surface area contributed by atoms with Gasteiger partial charge in [0.1, 0.15) is 6.26 Å². The van der Waals surface area contributed by atoms with Crippen molar-refractivity contribution < 1.29 is 18.9 Å². The van der Waals surface area contributed by atoms with E-state index >= 15 is 0 Å². The zero-order valence-electron chi connectivity index (χ0n) is 15.1. The number of imide groups is 1. The largest absolute Gasteiger partial charge is 0.363 e. The second kappa shape index (κ2) is 7.89. The summed E-state index contributed by atoms with van der Waals surface area (Å²) < 4.78 is 4.69. The fraction of sp³-hybridized carbons (Fsp3) is 0.143. The van der Waals surface area contributed by atoms with Crippen LogP contribution in [0.5, 0.6) is 0 Å². The van der Waals surface area contributed by atoms with Crippen molar-refractivity contribution in [2.45, 2.75) is 18.8 Å². The van der Waals surface area contributed by atoms with E-state index in [0.29, 0.717) is 28.4 Å². The number of carbonyl (C=O) groups is 3. The molecule has 2 N–H and O–H groups in total. The predicted molar refractivity (Wildman–Crippen MR) is 106 cm³/mol. The number of benzene rings is 2. The van der Waals surface area contributed by atoms with Crippen molar-refractivity contribution >= 4 is 35.1 Å². The Balaban J connectivity index is 1.58. The van der Waals surface area contributed by atoms with Gasteiger partial charge in [0.05, 0.1) is 10.9 Å². The molecule has 4 rings (SSSR count). The Bertz CT molecular complexity index is 1080. The molecule has 1 fully saturated rings. The van der Waals surface area contributed by atoms with Gasteiger partial charge in [-0.15, -0.1) is 0 Å². The minimum absolute atomic E-state index is 0.266. The molecule has 0 aliphatic carbocycles. The van der Waals surface area contributed by atoms with Crippen LogP contribution < -0.4 is 10.6 Å². The number of halogens is 1. The van der Waals surface area contributed by atoms with E-state index < -0.39 is 5.92 Å². The van der Waals surface area contributed by atoms with E-state index in [1.165, 1.54) is 6.26 Å². The quantitative estimate of drug-likeness (QED) is 0.639. The highest BCUT2D eigenvalue weighted by Gasteiger charge is 2.30. The lowest BCUT2D eigenvalue weighted by molar-refractivity contribution is -0.134. The van der Waals surface area contributed by atoms with Gasteiger partial charge in [-0.25, -0.2) is 0 Å². The summed E-state index contributed by atoms with van der Waals surface area (Å²) in [4.78, 5) is 35.9. The summed E-state index contributed by atoms with van der Waals surface area (Å²) in [5, 5.41) is 9.09. The van der Waals surface area contributed by atoms with Gasteiger partial charge in [-0.1, -0.05) is 47.1 Å². The lowest BCUT2D eigenvalue weighted by atomic mass is 9.88. The first kappa shape index (κ1) is 18.9. The van der Waals surface area contributed by atoms with E-state index in [9.17, 15) is 14.4 Å². The van der Waals surface area contributed by atoms with Crippen LogP contribution >= 0.6 is 11.6 Å². The summed E-state index contributed by atoms with van der Waals surface area (Å²) in [5.41, 5.74) is 2.69. The van der Waals surface area contributed by atoms with Gasteiger partial charge >= 0.3 is 0 Å². The normalized spacial score (nSPS) is 16.4. The summed E-state index contributed by atoms with van der Waals surface area (Å²) >= 11 is 6.61. The van der Waals surface area contributed by atoms with Gasteiger partial charge in [-0.3, -0.25) is 19.7 Å². The number of anilines is 1. The molecule has 3 amide bonds. The zero-order chi connectivity index (χ0) is 20.4. The van der Waals surface area contributed by atoms with E-state index in [1.807, 2.05) is 12.1 Å². The number of aromatic nitrogens is 1. The van der Waals surface area contributed by atoms with Crippen molar-refractivity contribution in [1.29, 1.82) is 0 Å². The summed E-state index contributed by atoms with van der Waals surface area (Å²) in [7, 11) is 0. The summed E-state index contributed by atoms with van der Waals surface area (Å²) in [5.74, 6) is -1.04. The Morgan fingerprint density at radius 2 is 1.93 bits per heavy atom. The average Bonchev–Trinajstić information content (AvgIpc) is 3.22. The molecule has 0 bridgehead atoms. The maximum atomic E-state index is 12.3. The third-order valence-corrected chi connectivity index (χ3v) is 5.20. The van der Waals surface area contributed by atoms with Gasteiger partial charge in [-0.05, 0) is 29.7 Å². The lowest BCUT2D eigenvalue weighted by Gasteiger charge is -2.23. The van der Waals surface area contributed by atoms with Crippen LogP contribution in [0.2, 0.25) is 5.02 Å². The Labute approximate surface area is 171 Å². The molecule has 2 aromatic carbocycles. The highest BCUT2D eigenvalue weighted by molar-refractivity contribution is 6.34. The number of rotatable bonds is 4. The fourth-order valence-electron chi connectivity index (χ4n) is 3.30. The molecular weight excluding hydrogens is 394 g/mol. The molecule has 1 unspecified atom stereocenters. The second-order valence-electron chi connectivity index (χ2n) is 6.63. The van der Waals surface area contributed by atoms with Crippen LogP contribution in [0.15, 0.2) is 59.3 Å². The fourth-order valence-corrected chi connectivity index (χ4v) is 3.67. The Morgan fingerprint density at radius 3 is 2.62 bits per heavy atom. The first-order valence-electron chi connectivity index (χ1n) is 8.97. The maximum Gasteiger partial charge on any atom is 0.256 e. The average molecular weight is 410 g/mol. The Hall–Kier alpha value is -3.45. The predicted octanol–water partition coefficient (Wildman–Crippen LogP) is 3.77. The number of amides is 3. The summed E-state index contributed by atoms with van der Waals surface area (Å²) in [6.07, 6.45) is 2.08. The number of nitrogens with one attached hydrogen (secondary N) is 2. The monoisotopic (exact) mass is 409 g/mol. The molecule has 1 atom stereocenters. The minimum Gasteiger partial charge on any atom is -0.363 e. The molecule has 0 radical (unpaired) electrons. The van der Waals surface area contributed by atoms with Crippen molar-refractivity contribution in [2.75, 3.05) is 5.32 Å². The number of piperidine rings is 1. The van der Waals surface area contributed by atoms with Gasteiger partial charge in [0, 0.05) is 23.6 Å². The second-order valence-corrected chi connectivity index (χ2v) is 7.01. The topological polar surface area (TPSA) is 101 Å². The number of hydrogen-bond donors (Lipinski definition) is 2. The van der Waals surface area contributed by atoms with E-state index in [-0.39, 0.29) is 24.1 Å². The van der Waals surface area contributed by atoms with Crippen LogP contribution in [0.4, 0.5) is 5.82 Å². The molecule has 0 spiro atoms. The zero-order valence-corrected chi connectivity index (χ0v) is 15.9. The van der Waals surface area contributed by atoms with E-state index in [0.717, 1.165) is 11.1 Å². The standard InChI is InChI=1S/C21H16ClN3O4/c22-19-14(2-1-3-15(19)16-8-9-18(26)24-21(16)28)12-4-6-13(7-5-12)20(27)23-17-10-11-29-25-17/h1-7,10-11,16H,8-9H2,(H,23,25,27)(H,24,26,28). The van der Waals surface area contributed by atoms with Gasteiger partial charge < -0.3 is 9.84 Å². The van der Waals surface area contributed by atoms with Crippen molar-refractivity contribution in [3.8, 4) is 11.1 Å². The van der Waals surface area contributed by atoms with Crippen molar-refractivity contribution in [2.24, 2.45) is 0 Å². The molecule has 8 heteroatoms. The highest BCUT2D eigenvalue weighted by atomic mass is 35.5. The van der Waals surface area contributed by atoms with E-state index in [1.54, 1.807) is 36.4 Å². The molecule has 3 aromatic rings. The van der Waals surface area contributed by atoms with E-state index in [2.05, 4.69) is 20.3 Å². The van der Waals surface area contributed by atoms with Crippen molar-refractivity contribution in [3.05, 3.63) is 70.9 Å². The van der Waals surface area contributed by atoms with Crippen LogP contribution in [-0.2, 0) is 9.59 Å². The summed E-state index contributed by atoms with van der Waals surface area (Å²) in [6.45, 7) is 0. The SMILES string of the molecule is O=C1CCC(c2cccc(-c3ccc(C(=O)Nc4ccon4)cc3)c2Cl)C(=O)N1. The molecule has 2 heterocycles. The molecular formula is C21H16ClN3O4.